The van der Waals surface area contributed by atoms with Crippen LogP contribution < -0.4 is 0 Å². The fraction of sp³-hybridized carbons (Fsp3) is 1.00. The molecular weight excluding hydrogens is 211 g/mol. The molecule has 0 aliphatic heterocycles. The fourth-order valence-electron chi connectivity index (χ4n) is 1.26. The molecule has 0 saturated carbocycles. The van der Waals surface area contributed by atoms with E-state index >= 15 is 0 Å². The molecule has 0 saturated heterocycles. The molecule has 0 rings (SSSR count). The van der Waals surface area contributed by atoms with Crippen molar-refractivity contribution in [3.63, 3.8) is 0 Å². The summed E-state index contributed by atoms with van der Waals surface area (Å²) in [6.07, 6.45) is 7.27. The topological polar surface area (TPSA) is 35.5 Å². The summed E-state index contributed by atoms with van der Waals surface area (Å²) in [5.41, 5.74) is 0. The van der Waals surface area contributed by atoms with Crippen LogP contribution in [0.25, 0.3) is 0 Å². The summed E-state index contributed by atoms with van der Waals surface area (Å²) in [7, 11) is -2.24. The molecule has 15 heavy (non-hydrogen) atoms. The van der Waals surface area contributed by atoms with Crippen LogP contribution in [0.15, 0.2) is 0 Å². The Labute approximate surface area is 94.5 Å². The van der Waals surface area contributed by atoms with Gasteiger partial charge in [-0.1, -0.05) is 39.0 Å². The Balaban J connectivity index is 3.13. The van der Waals surface area contributed by atoms with Crippen LogP contribution in [0.1, 0.15) is 59.3 Å². The molecule has 0 radical (unpaired) electrons. The van der Waals surface area contributed by atoms with Crippen LogP contribution in [0.3, 0.4) is 0 Å². The Kier molecular flexibility index (Phi) is 10.8. The highest BCUT2D eigenvalue weighted by molar-refractivity contribution is 7.33. The van der Waals surface area contributed by atoms with Crippen LogP contribution in [0.4, 0.5) is 0 Å². The van der Waals surface area contributed by atoms with Gasteiger partial charge in [0.2, 0.25) is 0 Å². The van der Waals surface area contributed by atoms with Crippen molar-refractivity contribution in [3.05, 3.63) is 0 Å². The van der Waals surface area contributed by atoms with E-state index in [-0.39, 0.29) is 6.10 Å². The molecule has 3 nitrogen and oxygen atoms in total. The van der Waals surface area contributed by atoms with Crippen molar-refractivity contribution in [1.82, 2.24) is 0 Å². The predicted octanol–water partition coefficient (Wildman–Crippen LogP) is 4.18. The zero-order chi connectivity index (χ0) is 11.5. The third-order valence-electron chi connectivity index (χ3n) is 2.05. The van der Waals surface area contributed by atoms with E-state index in [0.29, 0.717) is 6.61 Å². The molecule has 0 amide bonds. The minimum atomic E-state index is -2.24. The average Bonchev–Trinajstić information content (AvgIpc) is 2.15. The van der Waals surface area contributed by atoms with Gasteiger partial charge in [0.15, 0.2) is 0 Å². The second-order valence-electron chi connectivity index (χ2n) is 4.03. The maximum absolute atomic E-state index is 11.1. The van der Waals surface area contributed by atoms with E-state index < -0.39 is 8.25 Å². The van der Waals surface area contributed by atoms with Gasteiger partial charge in [-0.2, -0.15) is 0 Å². The Bertz CT molecular complexity index is 160. The molecule has 4 heteroatoms. The maximum Gasteiger partial charge on any atom is 0.319 e. The molecule has 0 bridgehead atoms. The quantitative estimate of drug-likeness (QED) is 0.421. The minimum absolute atomic E-state index is 0.0130. The van der Waals surface area contributed by atoms with Crippen LogP contribution in [0.5, 0.6) is 0 Å². The molecule has 0 aliphatic carbocycles. The van der Waals surface area contributed by atoms with Crippen LogP contribution in [-0.2, 0) is 13.6 Å². The van der Waals surface area contributed by atoms with E-state index in [0.717, 1.165) is 12.8 Å². The van der Waals surface area contributed by atoms with Crippen LogP contribution in [0.2, 0.25) is 0 Å². The van der Waals surface area contributed by atoms with Crippen molar-refractivity contribution in [2.24, 2.45) is 0 Å². The predicted molar refractivity (Wildman–Crippen MR) is 64.6 cm³/mol. The number of hydrogen-bond donors (Lipinski definition) is 0. The molecule has 92 valence electrons. The van der Waals surface area contributed by atoms with E-state index in [2.05, 4.69) is 6.92 Å². The van der Waals surface area contributed by atoms with E-state index in [4.69, 9.17) is 9.05 Å². The van der Waals surface area contributed by atoms with E-state index in [1.807, 2.05) is 13.8 Å². The Hall–Kier alpha value is 0.150. The molecule has 0 aromatic carbocycles. The minimum Gasteiger partial charge on any atom is -0.311 e. The van der Waals surface area contributed by atoms with Gasteiger partial charge in [0.1, 0.15) is 0 Å². The van der Waals surface area contributed by atoms with E-state index in [1.165, 1.54) is 25.7 Å². The lowest BCUT2D eigenvalue weighted by molar-refractivity contribution is 0.185. The first-order chi connectivity index (χ1) is 7.16. The summed E-state index contributed by atoms with van der Waals surface area (Å²) in [5, 5.41) is 0. The molecule has 1 atom stereocenters. The van der Waals surface area contributed by atoms with Crippen LogP contribution in [-0.4, -0.2) is 12.7 Å². The summed E-state index contributed by atoms with van der Waals surface area (Å²) in [6, 6.07) is 0. The zero-order valence-electron chi connectivity index (χ0n) is 10.3. The van der Waals surface area contributed by atoms with Gasteiger partial charge in [0.25, 0.3) is 0 Å². The van der Waals surface area contributed by atoms with Gasteiger partial charge in [0.05, 0.1) is 12.7 Å². The average molecular weight is 236 g/mol. The monoisotopic (exact) mass is 236 g/mol. The first-order valence-corrected chi connectivity index (χ1v) is 7.22. The standard InChI is InChI=1S/C11H25O3P/c1-4-5-6-7-8-9-10-13-15(12)14-11(2)3/h11,15H,4-10H2,1-3H3. The van der Waals surface area contributed by atoms with Gasteiger partial charge in [-0.25, -0.2) is 0 Å². The highest BCUT2D eigenvalue weighted by Crippen LogP contribution is 2.26. The first kappa shape index (κ1) is 15.2. The third-order valence-corrected chi connectivity index (χ3v) is 3.15. The lowest BCUT2D eigenvalue weighted by Gasteiger charge is -2.07. The van der Waals surface area contributed by atoms with Gasteiger partial charge < -0.3 is 9.05 Å². The molecule has 1 unspecified atom stereocenters. The molecule has 0 fully saturated rings. The van der Waals surface area contributed by atoms with Gasteiger partial charge in [-0.05, 0) is 20.3 Å². The second kappa shape index (κ2) is 10.7. The van der Waals surface area contributed by atoms with Crippen molar-refractivity contribution in [1.29, 1.82) is 0 Å². The van der Waals surface area contributed by atoms with Crippen molar-refractivity contribution < 1.29 is 13.6 Å². The molecular formula is C11H25O3P. The summed E-state index contributed by atoms with van der Waals surface area (Å²) >= 11 is 0. The molecule has 0 aliphatic rings. The molecule has 0 N–H and O–H groups in total. The van der Waals surface area contributed by atoms with E-state index in [1.54, 1.807) is 0 Å². The van der Waals surface area contributed by atoms with E-state index in [9.17, 15) is 4.57 Å². The SMILES string of the molecule is CCCCCCCCO[PH](=O)OC(C)C. The smallest absolute Gasteiger partial charge is 0.311 e. The fourth-order valence-corrected chi connectivity index (χ4v) is 2.03. The molecule has 0 aromatic rings. The van der Waals surface area contributed by atoms with Crippen molar-refractivity contribution in [2.75, 3.05) is 6.61 Å². The van der Waals surface area contributed by atoms with Crippen molar-refractivity contribution in [2.45, 2.75) is 65.4 Å². The van der Waals surface area contributed by atoms with Crippen molar-refractivity contribution >= 4 is 8.25 Å². The number of rotatable bonds is 10. The highest BCUT2D eigenvalue weighted by Gasteiger charge is 2.01. The summed E-state index contributed by atoms with van der Waals surface area (Å²) in [6.45, 7) is 6.49. The van der Waals surface area contributed by atoms with Gasteiger partial charge in [0, 0.05) is 0 Å². The maximum atomic E-state index is 11.1. The zero-order valence-corrected chi connectivity index (χ0v) is 11.3. The molecule has 0 heterocycles. The Morgan fingerprint density at radius 2 is 1.67 bits per heavy atom. The first-order valence-electron chi connectivity index (χ1n) is 6.00. The van der Waals surface area contributed by atoms with Crippen molar-refractivity contribution in [3.8, 4) is 0 Å². The summed E-state index contributed by atoms with van der Waals surface area (Å²) < 4.78 is 21.2. The number of unbranched alkanes of at least 4 members (excludes halogenated alkanes) is 5. The second-order valence-corrected chi connectivity index (χ2v) is 5.06. The van der Waals surface area contributed by atoms with Gasteiger partial charge in [-0.15, -0.1) is 0 Å². The van der Waals surface area contributed by atoms with Crippen LogP contribution in [0, 0.1) is 0 Å². The molecule has 0 spiro atoms. The normalized spacial score (nSPS) is 13.3. The summed E-state index contributed by atoms with van der Waals surface area (Å²) in [4.78, 5) is 0. The lowest BCUT2D eigenvalue weighted by atomic mass is 10.1. The Morgan fingerprint density at radius 1 is 1.07 bits per heavy atom. The van der Waals surface area contributed by atoms with Crippen LogP contribution >= 0.6 is 8.25 Å². The highest BCUT2D eigenvalue weighted by atomic mass is 31.1. The third kappa shape index (κ3) is 12.1. The molecule has 0 aromatic heterocycles. The summed E-state index contributed by atoms with van der Waals surface area (Å²) in [5.74, 6) is 0. The number of hydrogen-bond acceptors (Lipinski definition) is 3. The largest absolute Gasteiger partial charge is 0.319 e. The van der Waals surface area contributed by atoms with Gasteiger partial charge >= 0.3 is 8.25 Å². The Morgan fingerprint density at radius 3 is 2.27 bits per heavy atom. The van der Waals surface area contributed by atoms with Gasteiger partial charge in [-0.3, -0.25) is 4.57 Å². The lowest BCUT2D eigenvalue weighted by Crippen LogP contribution is -1.97.